The Bertz CT molecular complexity index is 245. The lowest BCUT2D eigenvalue weighted by Crippen LogP contribution is -2.70. The number of nitrogens with zero attached hydrogens (tertiary/aromatic N) is 2. The van der Waals surface area contributed by atoms with Gasteiger partial charge in [-0.05, 0) is 12.8 Å². The summed E-state index contributed by atoms with van der Waals surface area (Å²) in [4.78, 5) is 2.72. The molecule has 18 heavy (non-hydrogen) atoms. The minimum Gasteiger partial charge on any atom is -0.316 e. The summed E-state index contributed by atoms with van der Waals surface area (Å²) in [6.45, 7) is 7.60. The Kier molecular flexibility index (Phi) is 4.22. The fourth-order valence-electron chi connectivity index (χ4n) is 4.00. The second kappa shape index (κ2) is 5.89. The minimum absolute atomic E-state index is 0.700. The SMILES string of the molecule is C1CCC[N]CC1.C1C[N+]2CCC2(C2CNC2)C1. The molecule has 0 aromatic rings. The van der Waals surface area contributed by atoms with Gasteiger partial charge < -0.3 is 5.32 Å². The molecule has 3 nitrogen and oxygen atoms in total. The van der Waals surface area contributed by atoms with Gasteiger partial charge in [-0.15, -0.1) is 0 Å². The van der Waals surface area contributed by atoms with E-state index in [9.17, 15) is 0 Å². The van der Waals surface area contributed by atoms with E-state index in [2.05, 4.69) is 15.5 Å². The Morgan fingerprint density at radius 1 is 0.889 bits per heavy atom. The monoisotopic (exact) mass is 250 g/mol. The van der Waals surface area contributed by atoms with Crippen molar-refractivity contribution >= 4 is 0 Å². The van der Waals surface area contributed by atoms with Crippen LogP contribution in [0.2, 0.25) is 0 Å². The molecule has 4 rings (SSSR count). The smallest absolute Gasteiger partial charge is 0.153 e. The summed E-state index contributed by atoms with van der Waals surface area (Å²) in [6, 6.07) is 0. The van der Waals surface area contributed by atoms with E-state index in [0.29, 0.717) is 5.54 Å². The van der Waals surface area contributed by atoms with Gasteiger partial charge >= 0.3 is 0 Å². The van der Waals surface area contributed by atoms with Crippen molar-refractivity contribution in [2.24, 2.45) is 5.92 Å². The molecule has 0 aliphatic carbocycles. The summed E-state index contributed by atoms with van der Waals surface area (Å²) in [5.74, 6) is 0.999. The quantitative estimate of drug-likeness (QED) is 0.702. The van der Waals surface area contributed by atoms with Gasteiger partial charge in [0.2, 0.25) is 0 Å². The first-order chi connectivity index (χ1) is 8.92. The molecule has 2 radical (unpaired) electrons. The molecule has 0 amide bonds. The average Bonchev–Trinajstić information content (AvgIpc) is 2.57. The summed E-state index contributed by atoms with van der Waals surface area (Å²) in [5, 5.41) is 7.66. The predicted octanol–water partition coefficient (Wildman–Crippen LogP) is 1.45. The Labute approximate surface area is 112 Å². The Balaban J connectivity index is 0.000000125. The van der Waals surface area contributed by atoms with Gasteiger partial charge in [0.1, 0.15) is 13.1 Å². The topological polar surface area (TPSA) is 32.0 Å². The van der Waals surface area contributed by atoms with Crippen LogP contribution in [0, 0.1) is 5.92 Å². The number of hydrogen-bond donors (Lipinski definition) is 1. The third-order valence-corrected chi connectivity index (χ3v) is 5.41. The van der Waals surface area contributed by atoms with E-state index < -0.39 is 0 Å². The lowest BCUT2D eigenvalue weighted by Gasteiger charge is -2.47. The molecule has 0 aromatic carbocycles. The van der Waals surface area contributed by atoms with Crippen LogP contribution in [-0.2, 0) is 0 Å². The molecule has 4 fully saturated rings. The van der Waals surface area contributed by atoms with Crippen LogP contribution < -0.4 is 15.5 Å². The van der Waals surface area contributed by atoms with Gasteiger partial charge in [-0.25, -0.2) is 5.32 Å². The van der Waals surface area contributed by atoms with Crippen molar-refractivity contribution in [2.75, 3.05) is 39.3 Å². The van der Waals surface area contributed by atoms with Crippen molar-refractivity contribution in [3.05, 3.63) is 0 Å². The van der Waals surface area contributed by atoms with E-state index in [4.69, 9.17) is 0 Å². The molecule has 3 heteroatoms. The van der Waals surface area contributed by atoms with Crippen molar-refractivity contribution in [1.29, 1.82) is 0 Å². The minimum atomic E-state index is 0.700. The van der Waals surface area contributed by atoms with Gasteiger partial charge in [0, 0.05) is 44.9 Å². The first kappa shape index (κ1) is 12.9. The standard InChI is InChI=1S/C9H16N2.C6H12N/c1-2-9(8-6-10-7-8)3-5-11(9)4-1;1-2-4-6-7-5-3-1/h8,10H,1-7H2;1-6H2/q+1;. The molecule has 1 atom stereocenters. The van der Waals surface area contributed by atoms with E-state index in [1.165, 1.54) is 71.1 Å². The highest BCUT2D eigenvalue weighted by Gasteiger charge is 2.62. The summed E-state index contributed by atoms with van der Waals surface area (Å²) in [7, 11) is 0. The van der Waals surface area contributed by atoms with E-state index in [1.807, 2.05) is 0 Å². The first-order valence-electron chi connectivity index (χ1n) is 8.01. The molecule has 1 N–H and O–H groups in total. The Morgan fingerprint density at radius 2 is 1.67 bits per heavy atom. The maximum Gasteiger partial charge on any atom is 0.153 e. The van der Waals surface area contributed by atoms with Crippen molar-refractivity contribution in [1.82, 2.24) is 15.5 Å². The molecule has 0 spiro atoms. The highest BCUT2D eigenvalue weighted by Crippen LogP contribution is 2.44. The van der Waals surface area contributed by atoms with E-state index in [-0.39, 0.29) is 0 Å². The Morgan fingerprint density at radius 3 is 2.17 bits per heavy atom. The van der Waals surface area contributed by atoms with E-state index in [1.54, 1.807) is 0 Å². The molecule has 102 valence electrons. The van der Waals surface area contributed by atoms with Gasteiger partial charge in [-0.3, -0.25) is 0 Å². The molecule has 4 aliphatic heterocycles. The lowest BCUT2D eigenvalue weighted by atomic mass is 9.71. The van der Waals surface area contributed by atoms with Crippen LogP contribution in [0.15, 0.2) is 0 Å². The molecule has 1 unspecified atom stereocenters. The molecular weight excluding hydrogens is 222 g/mol. The van der Waals surface area contributed by atoms with Crippen LogP contribution in [-0.4, -0.2) is 44.8 Å². The molecule has 4 aliphatic rings. The molecular formula is C15H28N3+. The maximum absolute atomic E-state index is 4.27. The van der Waals surface area contributed by atoms with Crippen LogP contribution >= 0.6 is 0 Å². The zero-order valence-electron chi connectivity index (χ0n) is 11.7. The number of fused-ring (bicyclic) bond motifs is 1. The summed E-state index contributed by atoms with van der Waals surface area (Å²) < 4.78 is 0. The van der Waals surface area contributed by atoms with Gasteiger partial charge in [-0.1, -0.05) is 12.8 Å². The highest BCUT2D eigenvalue weighted by molar-refractivity contribution is 5.14. The van der Waals surface area contributed by atoms with Gasteiger partial charge in [0.15, 0.2) is 5.54 Å². The average molecular weight is 250 g/mol. The number of nitrogens with one attached hydrogen (secondary N) is 1. The van der Waals surface area contributed by atoms with Crippen molar-refractivity contribution in [2.45, 2.75) is 50.5 Å². The highest BCUT2D eigenvalue weighted by atomic mass is 15.3. The van der Waals surface area contributed by atoms with Crippen LogP contribution in [0.5, 0.6) is 0 Å². The predicted molar refractivity (Wildman–Crippen MR) is 75.1 cm³/mol. The Hall–Kier alpha value is -0.120. The van der Waals surface area contributed by atoms with Crippen LogP contribution in [0.4, 0.5) is 0 Å². The van der Waals surface area contributed by atoms with E-state index >= 15 is 0 Å². The van der Waals surface area contributed by atoms with Gasteiger partial charge in [-0.2, -0.15) is 4.90 Å². The second-order valence-electron chi connectivity index (χ2n) is 6.38. The lowest BCUT2D eigenvalue weighted by molar-refractivity contribution is 0.0274. The third kappa shape index (κ3) is 2.45. The zero-order chi connectivity index (χ0) is 12.3. The van der Waals surface area contributed by atoms with Crippen molar-refractivity contribution < 1.29 is 0 Å². The van der Waals surface area contributed by atoms with Crippen LogP contribution in [0.1, 0.15) is 44.9 Å². The second-order valence-corrected chi connectivity index (χ2v) is 6.38. The molecule has 0 saturated carbocycles. The van der Waals surface area contributed by atoms with Gasteiger partial charge in [0.05, 0.1) is 6.42 Å². The number of hydrogen-bond acceptors (Lipinski definition) is 2. The van der Waals surface area contributed by atoms with Crippen LogP contribution in [0.3, 0.4) is 0 Å². The molecule has 4 saturated heterocycles. The zero-order valence-corrected chi connectivity index (χ0v) is 11.7. The maximum atomic E-state index is 4.27. The van der Waals surface area contributed by atoms with Crippen LogP contribution in [0.25, 0.3) is 0 Å². The summed E-state index contributed by atoms with van der Waals surface area (Å²) >= 11 is 0. The third-order valence-electron chi connectivity index (χ3n) is 5.41. The van der Waals surface area contributed by atoms with Gasteiger partial charge in [0.25, 0.3) is 0 Å². The first-order valence-corrected chi connectivity index (χ1v) is 8.01. The van der Waals surface area contributed by atoms with E-state index in [0.717, 1.165) is 19.0 Å². The summed E-state index contributed by atoms with van der Waals surface area (Å²) in [5.41, 5.74) is 0.700. The summed E-state index contributed by atoms with van der Waals surface area (Å²) in [6.07, 6.45) is 9.90. The fourth-order valence-corrected chi connectivity index (χ4v) is 4.00. The van der Waals surface area contributed by atoms with Crippen molar-refractivity contribution in [3.63, 3.8) is 0 Å². The fraction of sp³-hybridized carbons (Fsp3) is 1.00. The molecule has 0 bridgehead atoms. The molecule has 0 aromatic heterocycles. The van der Waals surface area contributed by atoms with Crippen molar-refractivity contribution in [3.8, 4) is 0 Å². The largest absolute Gasteiger partial charge is 0.316 e. The normalized spacial score (nSPS) is 36.7. The molecule has 4 heterocycles. The number of rotatable bonds is 1.